The van der Waals surface area contributed by atoms with Gasteiger partial charge in [-0.25, -0.2) is 0 Å². The molecular formula is C18H34N2O2. The quantitative estimate of drug-likeness (QED) is 0.837. The summed E-state index contributed by atoms with van der Waals surface area (Å²) in [6.07, 6.45) is 15.6. The minimum absolute atomic E-state index is 0.355. The van der Waals surface area contributed by atoms with E-state index in [0.717, 1.165) is 38.5 Å². The average molecular weight is 310 g/mol. The summed E-state index contributed by atoms with van der Waals surface area (Å²) in [6, 6.07) is 0.711. The highest BCUT2D eigenvalue weighted by molar-refractivity contribution is 4.81. The van der Waals surface area contributed by atoms with E-state index in [1.54, 1.807) is 0 Å². The van der Waals surface area contributed by atoms with E-state index >= 15 is 0 Å². The summed E-state index contributed by atoms with van der Waals surface area (Å²) in [5.41, 5.74) is 12.1. The molecule has 0 aromatic rings. The smallest absolute Gasteiger partial charge is 0.0593 e. The SMILES string of the molecule is NC1CCCC(OC2CCC(OC3CCCC(N)C3)CC2)C1. The molecule has 4 nitrogen and oxygen atoms in total. The number of rotatable bonds is 4. The summed E-state index contributed by atoms with van der Waals surface area (Å²) >= 11 is 0. The number of ether oxygens (including phenoxy) is 2. The first-order valence-corrected chi connectivity index (χ1v) is 9.51. The van der Waals surface area contributed by atoms with Crippen LogP contribution < -0.4 is 11.5 Å². The third-order valence-corrected chi connectivity index (χ3v) is 5.72. The van der Waals surface area contributed by atoms with Crippen molar-refractivity contribution in [3.8, 4) is 0 Å². The molecule has 4 unspecified atom stereocenters. The van der Waals surface area contributed by atoms with Crippen molar-refractivity contribution < 1.29 is 9.47 Å². The van der Waals surface area contributed by atoms with Crippen molar-refractivity contribution in [3.05, 3.63) is 0 Å². The zero-order valence-electron chi connectivity index (χ0n) is 13.9. The van der Waals surface area contributed by atoms with E-state index < -0.39 is 0 Å². The van der Waals surface area contributed by atoms with Gasteiger partial charge in [0.2, 0.25) is 0 Å². The summed E-state index contributed by atoms with van der Waals surface area (Å²) in [5.74, 6) is 0. The van der Waals surface area contributed by atoms with Crippen LogP contribution in [0, 0.1) is 0 Å². The molecule has 0 radical (unpaired) electrons. The molecule has 3 rings (SSSR count). The Morgan fingerprint density at radius 2 is 0.909 bits per heavy atom. The Morgan fingerprint density at radius 1 is 0.500 bits per heavy atom. The van der Waals surface area contributed by atoms with Crippen molar-refractivity contribution in [3.63, 3.8) is 0 Å². The van der Waals surface area contributed by atoms with Crippen LogP contribution in [-0.2, 0) is 9.47 Å². The van der Waals surface area contributed by atoms with Crippen LogP contribution in [0.15, 0.2) is 0 Å². The maximum Gasteiger partial charge on any atom is 0.0593 e. The normalized spacial score (nSPS) is 43.9. The van der Waals surface area contributed by atoms with Crippen molar-refractivity contribution in [2.24, 2.45) is 11.5 Å². The van der Waals surface area contributed by atoms with Gasteiger partial charge in [0.1, 0.15) is 0 Å². The summed E-state index contributed by atoms with van der Waals surface area (Å²) in [5, 5.41) is 0. The lowest BCUT2D eigenvalue weighted by atomic mass is 9.90. The fourth-order valence-corrected chi connectivity index (χ4v) is 4.46. The minimum Gasteiger partial charge on any atom is -0.375 e. The molecule has 0 heterocycles. The van der Waals surface area contributed by atoms with Crippen molar-refractivity contribution in [1.29, 1.82) is 0 Å². The predicted octanol–water partition coefficient (Wildman–Crippen LogP) is 2.87. The van der Waals surface area contributed by atoms with Gasteiger partial charge in [-0.15, -0.1) is 0 Å². The van der Waals surface area contributed by atoms with Gasteiger partial charge in [0.25, 0.3) is 0 Å². The summed E-state index contributed by atoms with van der Waals surface area (Å²) in [4.78, 5) is 0. The molecule has 128 valence electrons. The molecule has 0 aromatic heterocycles. The molecule has 3 aliphatic carbocycles. The van der Waals surface area contributed by atoms with Gasteiger partial charge in [0.15, 0.2) is 0 Å². The molecule has 0 saturated heterocycles. The van der Waals surface area contributed by atoms with Crippen LogP contribution in [0.2, 0.25) is 0 Å². The molecule has 3 fully saturated rings. The fraction of sp³-hybridized carbons (Fsp3) is 1.00. The molecule has 0 spiro atoms. The van der Waals surface area contributed by atoms with Crippen LogP contribution in [0.4, 0.5) is 0 Å². The van der Waals surface area contributed by atoms with Crippen LogP contribution in [0.3, 0.4) is 0 Å². The number of hydrogen-bond acceptors (Lipinski definition) is 4. The second-order valence-corrected chi connectivity index (χ2v) is 7.77. The Kier molecular flexibility index (Phi) is 6.14. The molecule has 4 N–H and O–H groups in total. The Bertz CT molecular complexity index is 299. The standard InChI is InChI=1S/C18H34N2O2/c19-13-3-1-5-17(11-13)21-15-7-9-16(10-8-15)22-18-6-2-4-14(20)12-18/h13-18H,1-12,19-20H2. The predicted molar refractivity (Wildman–Crippen MR) is 88.7 cm³/mol. The monoisotopic (exact) mass is 310 g/mol. The first kappa shape index (κ1) is 16.7. The van der Waals surface area contributed by atoms with E-state index in [1.807, 2.05) is 0 Å². The first-order valence-electron chi connectivity index (χ1n) is 9.51. The summed E-state index contributed by atoms with van der Waals surface area (Å²) in [7, 11) is 0. The molecule has 0 aliphatic heterocycles. The van der Waals surface area contributed by atoms with E-state index in [2.05, 4.69) is 0 Å². The molecule has 3 aliphatic rings. The van der Waals surface area contributed by atoms with E-state index in [0.29, 0.717) is 36.5 Å². The lowest BCUT2D eigenvalue weighted by Crippen LogP contribution is -2.38. The number of nitrogens with two attached hydrogens (primary N) is 2. The molecular weight excluding hydrogens is 276 g/mol. The Labute approximate surface area is 135 Å². The Balaban J connectivity index is 1.35. The van der Waals surface area contributed by atoms with Gasteiger partial charge < -0.3 is 20.9 Å². The zero-order chi connectivity index (χ0) is 15.4. The van der Waals surface area contributed by atoms with E-state index in [1.165, 1.54) is 38.5 Å². The lowest BCUT2D eigenvalue weighted by Gasteiger charge is -2.36. The highest BCUT2D eigenvalue weighted by Gasteiger charge is 2.29. The third-order valence-electron chi connectivity index (χ3n) is 5.72. The highest BCUT2D eigenvalue weighted by atomic mass is 16.5. The molecule has 4 heteroatoms. The summed E-state index contributed by atoms with van der Waals surface area (Å²) < 4.78 is 12.6. The molecule has 0 bridgehead atoms. The first-order chi connectivity index (χ1) is 10.7. The zero-order valence-corrected chi connectivity index (χ0v) is 13.9. The second-order valence-electron chi connectivity index (χ2n) is 7.77. The fourth-order valence-electron chi connectivity index (χ4n) is 4.46. The Morgan fingerprint density at radius 3 is 1.27 bits per heavy atom. The molecule has 0 amide bonds. The van der Waals surface area contributed by atoms with E-state index in [4.69, 9.17) is 20.9 Å². The maximum absolute atomic E-state index is 6.30. The lowest BCUT2D eigenvalue weighted by molar-refractivity contribution is -0.0940. The van der Waals surface area contributed by atoms with Gasteiger partial charge >= 0.3 is 0 Å². The van der Waals surface area contributed by atoms with Crippen LogP contribution in [0.25, 0.3) is 0 Å². The molecule has 3 saturated carbocycles. The highest BCUT2D eigenvalue weighted by Crippen LogP contribution is 2.30. The molecule has 0 aromatic carbocycles. The van der Waals surface area contributed by atoms with Gasteiger partial charge in [-0.2, -0.15) is 0 Å². The number of hydrogen-bond donors (Lipinski definition) is 2. The van der Waals surface area contributed by atoms with Gasteiger partial charge in [0, 0.05) is 12.1 Å². The van der Waals surface area contributed by atoms with Crippen LogP contribution in [0.1, 0.15) is 77.0 Å². The van der Waals surface area contributed by atoms with E-state index in [9.17, 15) is 0 Å². The van der Waals surface area contributed by atoms with Crippen molar-refractivity contribution in [2.75, 3.05) is 0 Å². The second kappa shape index (κ2) is 8.09. The van der Waals surface area contributed by atoms with Gasteiger partial charge in [0.05, 0.1) is 24.4 Å². The van der Waals surface area contributed by atoms with Crippen molar-refractivity contribution in [1.82, 2.24) is 0 Å². The molecule has 22 heavy (non-hydrogen) atoms. The van der Waals surface area contributed by atoms with Gasteiger partial charge in [-0.1, -0.05) is 0 Å². The van der Waals surface area contributed by atoms with Gasteiger partial charge in [-0.3, -0.25) is 0 Å². The topological polar surface area (TPSA) is 70.5 Å². The van der Waals surface area contributed by atoms with Crippen LogP contribution in [0.5, 0.6) is 0 Å². The third kappa shape index (κ3) is 4.92. The minimum atomic E-state index is 0.355. The van der Waals surface area contributed by atoms with Crippen LogP contribution >= 0.6 is 0 Å². The maximum atomic E-state index is 6.30. The average Bonchev–Trinajstić information content (AvgIpc) is 2.49. The Hall–Kier alpha value is -0.160. The van der Waals surface area contributed by atoms with E-state index in [-0.39, 0.29) is 0 Å². The molecule has 4 atom stereocenters. The van der Waals surface area contributed by atoms with Crippen molar-refractivity contribution >= 4 is 0 Å². The largest absolute Gasteiger partial charge is 0.375 e. The van der Waals surface area contributed by atoms with Crippen molar-refractivity contribution in [2.45, 2.75) is 114 Å². The van der Waals surface area contributed by atoms with Crippen LogP contribution in [-0.4, -0.2) is 36.5 Å². The van der Waals surface area contributed by atoms with Gasteiger partial charge in [-0.05, 0) is 77.0 Å². The summed E-state index contributed by atoms with van der Waals surface area (Å²) in [6.45, 7) is 0.